The van der Waals surface area contributed by atoms with Crippen molar-refractivity contribution in [1.82, 2.24) is 24.9 Å². The Labute approximate surface area is 299 Å². The second-order valence-electron chi connectivity index (χ2n) is 16.1. The number of rotatable bonds is 7. The van der Waals surface area contributed by atoms with Gasteiger partial charge in [0.15, 0.2) is 6.35 Å². The number of aryl methyl sites for hydroxylation is 2. The molecule has 1 N–H and O–H groups in total. The molecule has 1 amide bonds. The highest BCUT2D eigenvalue weighted by Crippen LogP contribution is 2.54. The molecular weight excluding hydrogens is 629 g/mol. The third kappa shape index (κ3) is 7.66. The predicted octanol–water partition coefficient (Wildman–Crippen LogP) is 6.29. The van der Waals surface area contributed by atoms with Gasteiger partial charge in [0.25, 0.3) is 0 Å². The first kappa shape index (κ1) is 35.5. The van der Waals surface area contributed by atoms with Gasteiger partial charge in [-0.25, -0.2) is 4.90 Å². The molecule has 2 saturated carbocycles. The Balaban J connectivity index is 1.22. The van der Waals surface area contributed by atoms with E-state index in [0.717, 1.165) is 32.7 Å². The summed E-state index contributed by atoms with van der Waals surface area (Å²) in [6.07, 6.45) is 19.3. The monoisotopic (exact) mass is 688 g/mol. The van der Waals surface area contributed by atoms with Gasteiger partial charge in [-0.3, -0.25) is 15.0 Å². The van der Waals surface area contributed by atoms with E-state index in [4.69, 9.17) is 4.74 Å². The SMILES string of the molecule is C=CC(=O)N1CCN(C2C3CC[C@@]4(CCc5ccc(C)cc5S4)CC3NC(OCC3CCCN3C)N2C2CCCCCCC2)CC1CC#N. The van der Waals surface area contributed by atoms with E-state index in [1.807, 2.05) is 4.90 Å². The van der Waals surface area contributed by atoms with Gasteiger partial charge in [0.2, 0.25) is 5.91 Å². The number of nitrogens with zero attached hydrogens (tertiary/aromatic N) is 5. The normalized spacial score (nSPS) is 35.2. The van der Waals surface area contributed by atoms with E-state index < -0.39 is 0 Å². The molecule has 8 nitrogen and oxygen atoms in total. The maximum atomic E-state index is 12.9. The Morgan fingerprint density at radius 1 is 1.08 bits per heavy atom. The van der Waals surface area contributed by atoms with E-state index in [-0.39, 0.29) is 29.2 Å². The van der Waals surface area contributed by atoms with E-state index in [9.17, 15) is 10.1 Å². The molecule has 9 heteroatoms. The smallest absolute Gasteiger partial charge is 0.246 e. The lowest BCUT2D eigenvalue weighted by Crippen LogP contribution is -2.75. The van der Waals surface area contributed by atoms with E-state index in [0.29, 0.717) is 37.0 Å². The van der Waals surface area contributed by atoms with Gasteiger partial charge in [0, 0.05) is 53.3 Å². The summed E-state index contributed by atoms with van der Waals surface area (Å²) in [5.74, 6) is 0.417. The highest BCUT2D eigenvalue weighted by atomic mass is 32.2. The Morgan fingerprint density at radius 3 is 2.65 bits per heavy atom. The summed E-state index contributed by atoms with van der Waals surface area (Å²) in [5, 5.41) is 14.1. The van der Waals surface area contributed by atoms with Crippen LogP contribution >= 0.6 is 11.8 Å². The van der Waals surface area contributed by atoms with Crippen LogP contribution in [-0.2, 0) is 16.0 Å². The lowest BCUT2D eigenvalue weighted by Gasteiger charge is -2.61. The van der Waals surface area contributed by atoms with Crippen molar-refractivity contribution in [2.24, 2.45) is 5.92 Å². The maximum Gasteiger partial charge on any atom is 0.246 e. The topological polar surface area (TPSA) is 75.1 Å². The summed E-state index contributed by atoms with van der Waals surface area (Å²) in [6, 6.07) is 10.6. The Bertz CT molecular complexity index is 1360. The molecule has 7 atom stereocenters. The van der Waals surface area contributed by atoms with Crippen LogP contribution in [0.25, 0.3) is 0 Å². The molecule has 1 aromatic carbocycles. The lowest BCUT2D eigenvalue weighted by molar-refractivity contribution is -0.215. The summed E-state index contributed by atoms with van der Waals surface area (Å²) in [6.45, 7) is 10.1. The van der Waals surface area contributed by atoms with Gasteiger partial charge in [-0.2, -0.15) is 5.26 Å². The van der Waals surface area contributed by atoms with Crippen LogP contribution in [-0.4, -0.2) is 107 Å². The Kier molecular flexibility index (Phi) is 11.4. The fourth-order valence-electron chi connectivity index (χ4n) is 10.3. The van der Waals surface area contributed by atoms with Crippen LogP contribution in [0, 0.1) is 24.2 Å². The zero-order chi connectivity index (χ0) is 34.0. The summed E-state index contributed by atoms with van der Waals surface area (Å²) in [7, 11) is 2.25. The third-order valence-corrected chi connectivity index (χ3v) is 14.7. The Morgan fingerprint density at radius 2 is 1.90 bits per heavy atom. The number of nitrogens with one attached hydrogen (secondary N) is 1. The van der Waals surface area contributed by atoms with Crippen molar-refractivity contribution < 1.29 is 9.53 Å². The van der Waals surface area contributed by atoms with Crippen molar-refractivity contribution in [3.8, 4) is 6.07 Å². The number of hydrogen-bond acceptors (Lipinski definition) is 8. The van der Waals surface area contributed by atoms with E-state index in [1.165, 1.54) is 106 Å². The first-order valence-electron chi connectivity index (χ1n) is 19.6. The quantitative estimate of drug-likeness (QED) is 0.335. The van der Waals surface area contributed by atoms with Gasteiger partial charge >= 0.3 is 0 Å². The van der Waals surface area contributed by atoms with Gasteiger partial charge in [-0.15, -0.1) is 11.8 Å². The number of piperazine rings is 1. The number of amides is 1. The predicted molar refractivity (Wildman–Crippen MR) is 197 cm³/mol. The van der Waals surface area contributed by atoms with Crippen LogP contribution in [0.5, 0.6) is 0 Å². The molecule has 4 aliphatic heterocycles. The molecule has 3 saturated heterocycles. The van der Waals surface area contributed by atoms with Crippen LogP contribution in [0.2, 0.25) is 0 Å². The molecule has 1 aromatic rings. The van der Waals surface area contributed by atoms with Gasteiger partial charge in [0.05, 0.1) is 31.3 Å². The molecule has 6 unspecified atom stereocenters. The van der Waals surface area contributed by atoms with Crippen LogP contribution in [0.3, 0.4) is 0 Å². The minimum atomic E-state index is -0.134. The van der Waals surface area contributed by atoms with Gasteiger partial charge in [-0.1, -0.05) is 56.4 Å². The van der Waals surface area contributed by atoms with Crippen molar-refractivity contribution in [2.45, 2.75) is 150 Å². The molecule has 2 aliphatic carbocycles. The largest absolute Gasteiger partial charge is 0.348 e. The highest BCUT2D eigenvalue weighted by Gasteiger charge is 2.54. The molecule has 7 rings (SSSR count). The molecule has 6 aliphatic rings. The van der Waals surface area contributed by atoms with Crippen LogP contribution in [0.15, 0.2) is 35.7 Å². The molecule has 0 radical (unpaired) electrons. The van der Waals surface area contributed by atoms with Gasteiger partial charge < -0.3 is 14.5 Å². The first-order chi connectivity index (χ1) is 23.9. The van der Waals surface area contributed by atoms with Crippen molar-refractivity contribution >= 4 is 17.7 Å². The number of carbonyl (C=O) groups is 1. The second-order valence-corrected chi connectivity index (χ2v) is 17.7. The first-order valence-corrected chi connectivity index (χ1v) is 20.4. The average molecular weight is 689 g/mol. The minimum absolute atomic E-state index is 0.0497. The standard InChI is InChI=1S/C40H60N6O2S/c1-4-37(47)45-24-23-44(27-32(45)18-21-41)38-34-17-20-40(19-16-30-15-14-29(2)25-36(30)49-40)26-35(34)42-39(48-28-33-13-10-22-43(33)3)46(38)31-11-8-6-5-7-9-12-31/h4,14-15,25,31-35,38-39,42H,1,5-13,16-20,22-24,26-28H2,2-3H3/t32?,33?,34?,35?,38?,39?,40-/m0/s1. The van der Waals surface area contributed by atoms with Crippen molar-refractivity contribution in [3.63, 3.8) is 0 Å². The van der Waals surface area contributed by atoms with E-state index in [2.05, 4.69) is 76.6 Å². The summed E-state index contributed by atoms with van der Waals surface area (Å²) in [5.41, 5.74) is 2.87. The zero-order valence-electron chi connectivity index (χ0n) is 30.2. The minimum Gasteiger partial charge on any atom is -0.348 e. The van der Waals surface area contributed by atoms with Crippen molar-refractivity contribution in [3.05, 3.63) is 42.0 Å². The number of carbonyl (C=O) groups excluding carboxylic acids is 1. The highest BCUT2D eigenvalue weighted by molar-refractivity contribution is 8.00. The average Bonchev–Trinajstić information content (AvgIpc) is 3.50. The molecule has 5 fully saturated rings. The van der Waals surface area contributed by atoms with E-state index in [1.54, 1.807) is 0 Å². The molecule has 268 valence electrons. The molecule has 49 heavy (non-hydrogen) atoms. The number of likely N-dealkylation sites (tertiary alicyclic amines) is 1. The van der Waals surface area contributed by atoms with Crippen LogP contribution < -0.4 is 5.32 Å². The molecular formula is C40H60N6O2S. The number of hydrogen-bond donors (Lipinski definition) is 1. The fourth-order valence-corrected chi connectivity index (χ4v) is 12.0. The molecule has 1 spiro atoms. The maximum absolute atomic E-state index is 12.9. The molecule has 0 bridgehead atoms. The zero-order valence-corrected chi connectivity index (χ0v) is 31.0. The second kappa shape index (κ2) is 15.8. The molecule has 4 heterocycles. The summed E-state index contributed by atoms with van der Waals surface area (Å²) < 4.78 is 7.40. The summed E-state index contributed by atoms with van der Waals surface area (Å²) in [4.78, 5) is 24.3. The lowest BCUT2D eigenvalue weighted by atomic mass is 9.72. The number of nitriles is 1. The third-order valence-electron chi connectivity index (χ3n) is 13.0. The fraction of sp³-hybridized carbons (Fsp3) is 0.750. The van der Waals surface area contributed by atoms with E-state index >= 15 is 0 Å². The number of likely N-dealkylation sites (N-methyl/N-ethyl adjacent to an activating group) is 1. The van der Waals surface area contributed by atoms with Crippen LogP contribution in [0.4, 0.5) is 0 Å². The number of thioether (sulfide) groups is 1. The van der Waals surface area contributed by atoms with Crippen molar-refractivity contribution in [2.75, 3.05) is 39.8 Å². The summed E-state index contributed by atoms with van der Waals surface area (Å²) >= 11 is 2.16. The van der Waals surface area contributed by atoms with Crippen molar-refractivity contribution in [1.29, 1.82) is 5.26 Å². The van der Waals surface area contributed by atoms with Crippen LogP contribution in [0.1, 0.15) is 101 Å². The number of benzene rings is 1. The Hall–Kier alpha value is -1.93. The molecule has 0 aromatic heterocycles. The number of ether oxygens (including phenoxy) is 1. The van der Waals surface area contributed by atoms with Gasteiger partial charge in [-0.05, 0) is 96.0 Å². The van der Waals surface area contributed by atoms with Gasteiger partial charge in [0.1, 0.15) is 0 Å². The number of fused-ring (bicyclic) bond motifs is 2.